The van der Waals surface area contributed by atoms with E-state index in [-0.39, 0.29) is 28.3 Å². The summed E-state index contributed by atoms with van der Waals surface area (Å²) in [7, 11) is 0. The van der Waals surface area contributed by atoms with Crippen molar-refractivity contribution in [1.29, 1.82) is 0 Å². The summed E-state index contributed by atoms with van der Waals surface area (Å²) >= 11 is 0. The van der Waals surface area contributed by atoms with Crippen LogP contribution in [0.3, 0.4) is 0 Å². The van der Waals surface area contributed by atoms with Gasteiger partial charge in [0.25, 0.3) is 11.8 Å². The molecule has 0 aliphatic carbocycles. The summed E-state index contributed by atoms with van der Waals surface area (Å²) in [6.45, 7) is 16.7. The van der Waals surface area contributed by atoms with E-state index in [1.165, 1.54) is 4.68 Å². The number of carbonyl (C=O) groups is 2. The molecule has 2 heterocycles. The fraction of sp³-hybridized carbons (Fsp3) is 0.423. The van der Waals surface area contributed by atoms with Gasteiger partial charge in [0.1, 0.15) is 0 Å². The van der Waals surface area contributed by atoms with E-state index in [0.717, 1.165) is 16.8 Å². The van der Waals surface area contributed by atoms with Crippen molar-refractivity contribution in [3.05, 3.63) is 64.7 Å². The molecule has 0 aliphatic rings. The van der Waals surface area contributed by atoms with E-state index in [9.17, 15) is 9.59 Å². The van der Waals surface area contributed by atoms with E-state index in [1.807, 2.05) is 52.9 Å². The van der Waals surface area contributed by atoms with Gasteiger partial charge in [0.15, 0.2) is 5.69 Å². The minimum Gasteiger partial charge on any atom is -0.350 e. The monoisotopic (exact) mass is 462 g/mol. The van der Waals surface area contributed by atoms with Crippen LogP contribution in [-0.4, -0.2) is 38.3 Å². The molecule has 34 heavy (non-hydrogen) atoms. The molecule has 3 aromatic rings. The largest absolute Gasteiger partial charge is 0.350 e. The van der Waals surface area contributed by atoms with E-state index in [0.29, 0.717) is 23.5 Å². The molecule has 0 bridgehead atoms. The first kappa shape index (κ1) is 25.1. The highest BCUT2D eigenvalue weighted by Crippen LogP contribution is 2.26. The third kappa shape index (κ3) is 6.07. The summed E-state index contributed by atoms with van der Waals surface area (Å²) < 4.78 is 1.52. The topological polar surface area (TPSA) is 102 Å². The number of aromatic nitrogens is 4. The fourth-order valence-electron chi connectivity index (χ4n) is 3.18. The lowest BCUT2D eigenvalue weighted by molar-refractivity contribution is 0.0933. The highest BCUT2D eigenvalue weighted by atomic mass is 16.2. The Hall–Kier alpha value is -3.55. The van der Waals surface area contributed by atoms with Crippen LogP contribution < -0.4 is 10.6 Å². The summed E-state index contributed by atoms with van der Waals surface area (Å²) in [4.78, 5) is 29.9. The van der Waals surface area contributed by atoms with Gasteiger partial charge in [-0.2, -0.15) is 0 Å². The van der Waals surface area contributed by atoms with Crippen LogP contribution >= 0.6 is 0 Å². The predicted octanol–water partition coefficient (Wildman–Crippen LogP) is 4.60. The molecule has 1 aromatic carbocycles. The SMILES string of the molecule is Cc1ccc(C(=O)Nc2cc(C(C)(C)C)cnc2C)cc1-n1cc(C(=O)NCC(C)(C)C)nn1. The maximum atomic E-state index is 13.1. The number of benzene rings is 1. The average Bonchev–Trinajstić information content (AvgIpc) is 3.22. The first-order valence-corrected chi connectivity index (χ1v) is 11.3. The van der Waals surface area contributed by atoms with Gasteiger partial charge in [0, 0.05) is 18.3 Å². The van der Waals surface area contributed by atoms with Crippen LogP contribution in [0.5, 0.6) is 0 Å². The summed E-state index contributed by atoms with van der Waals surface area (Å²) in [6.07, 6.45) is 3.41. The molecule has 0 atom stereocenters. The van der Waals surface area contributed by atoms with Gasteiger partial charge < -0.3 is 10.6 Å². The van der Waals surface area contributed by atoms with Crippen LogP contribution in [0.4, 0.5) is 5.69 Å². The Balaban J connectivity index is 1.83. The standard InChI is InChI=1S/C26H34N6O2/c1-16-9-10-18(23(33)29-20-12-19(26(6,7)8)13-27-17(20)2)11-22(16)32-14-21(30-31-32)24(34)28-15-25(3,4)5/h9-14H,15H2,1-8H3,(H,28,34)(H,29,33). The van der Waals surface area contributed by atoms with Gasteiger partial charge >= 0.3 is 0 Å². The van der Waals surface area contributed by atoms with Crippen molar-refractivity contribution in [3.63, 3.8) is 0 Å². The smallest absolute Gasteiger partial charge is 0.273 e. The van der Waals surface area contributed by atoms with E-state index in [4.69, 9.17) is 0 Å². The van der Waals surface area contributed by atoms with E-state index >= 15 is 0 Å². The molecule has 0 fully saturated rings. The zero-order valence-corrected chi connectivity index (χ0v) is 21.3. The van der Waals surface area contributed by atoms with Gasteiger partial charge in [0.05, 0.1) is 23.3 Å². The van der Waals surface area contributed by atoms with Gasteiger partial charge in [-0.25, -0.2) is 4.68 Å². The lowest BCUT2D eigenvalue weighted by Crippen LogP contribution is -2.32. The minimum atomic E-state index is -0.283. The molecule has 0 saturated heterocycles. The quantitative estimate of drug-likeness (QED) is 0.577. The van der Waals surface area contributed by atoms with E-state index in [1.54, 1.807) is 18.3 Å². The second-order valence-electron chi connectivity index (χ2n) is 10.9. The predicted molar refractivity (Wildman–Crippen MR) is 134 cm³/mol. The lowest BCUT2D eigenvalue weighted by atomic mass is 9.88. The lowest BCUT2D eigenvalue weighted by Gasteiger charge is -2.20. The molecule has 2 N–H and O–H groups in total. The Labute approximate surface area is 201 Å². The maximum absolute atomic E-state index is 13.1. The molecule has 0 radical (unpaired) electrons. The molecule has 3 rings (SSSR count). The van der Waals surface area contributed by atoms with E-state index < -0.39 is 0 Å². The summed E-state index contributed by atoms with van der Waals surface area (Å²) in [5, 5.41) is 14.0. The Bertz CT molecular complexity index is 1210. The van der Waals surface area contributed by atoms with Crippen molar-refractivity contribution in [1.82, 2.24) is 25.3 Å². The normalized spacial score (nSPS) is 11.9. The number of amides is 2. The second-order valence-corrected chi connectivity index (χ2v) is 10.9. The third-order valence-corrected chi connectivity index (χ3v) is 5.42. The van der Waals surface area contributed by atoms with Crippen molar-refractivity contribution in [2.75, 3.05) is 11.9 Å². The van der Waals surface area contributed by atoms with Crippen LogP contribution in [0.2, 0.25) is 0 Å². The molecule has 2 amide bonds. The van der Waals surface area contributed by atoms with Crippen molar-refractivity contribution < 1.29 is 9.59 Å². The Kier molecular flexibility index (Phi) is 6.91. The van der Waals surface area contributed by atoms with Crippen molar-refractivity contribution >= 4 is 17.5 Å². The highest BCUT2D eigenvalue weighted by molar-refractivity contribution is 6.05. The van der Waals surface area contributed by atoms with Crippen molar-refractivity contribution in [2.45, 2.75) is 60.8 Å². The highest BCUT2D eigenvalue weighted by Gasteiger charge is 2.19. The number of hydrogen-bond donors (Lipinski definition) is 2. The molecular formula is C26H34N6O2. The molecule has 0 spiro atoms. The molecule has 180 valence electrons. The molecule has 8 nitrogen and oxygen atoms in total. The Morgan fingerprint density at radius 1 is 1.00 bits per heavy atom. The number of pyridine rings is 1. The summed E-state index contributed by atoms with van der Waals surface area (Å²) in [6, 6.07) is 7.32. The second kappa shape index (κ2) is 9.37. The number of anilines is 1. The zero-order chi connectivity index (χ0) is 25.3. The summed E-state index contributed by atoms with van der Waals surface area (Å²) in [5.41, 5.74) is 4.61. The molecule has 2 aromatic heterocycles. The van der Waals surface area contributed by atoms with Gasteiger partial charge in [0.2, 0.25) is 0 Å². The fourth-order valence-corrected chi connectivity index (χ4v) is 3.18. The molecule has 8 heteroatoms. The molecule has 0 saturated carbocycles. The first-order chi connectivity index (χ1) is 15.7. The number of carbonyl (C=O) groups excluding carboxylic acids is 2. The van der Waals surface area contributed by atoms with Crippen molar-refractivity contribution in [2.24, 2.45) is 5.41 Å². The third-order valence-electron chi connectivity index (χ3n) is 5.42. The minimum absolute atomic E-state index is 0.0375. The van der Waals surface area contributed by atoms with Crippen molar-refractivity contribution in [3.8, 4) is 5.69 Å². The Morgan fingerprint density at radius 3 is 2.35 bits per heavy atom. The number of hydrogen-bond acceptors (Lipinski definition) is 5. The number of nitrogens with one attached hydrogen (secondary N) is 2. The van der Waals surface area contributed by atoms with Crippen LogP contribution in [0.1, 0.15) is 79.2 Å². The zero-order valence-electron chi connectivity index (χ0n) is 21.3. The maximum Gasteiger partial charge on any atom is 0.273 e. The van der Waals surface area contributed by atoms with Gasteiger partial charge in [-0.15, -0.1) is 5.10 Å². The summed E-state index contributed by atoms with van der Waals surface area (Å²) in [5.74, 6) is -0.533. The van der Waals surface area contributed by atoms with Gasteiger partial charge in [-0.3, -0.25) is 14.6 Å². The number of rotatable bonds is 5. The Morgan fingerprint density at radius 2 is 1.71 bits per heavy atom. The molecule has 0 unspecified atom stereocenters. The number of nitrogens with zero attached hydrogens (tertiary/aromatic N) is 4. The van der Waals surface area contributed by atoms with Crippen LogP contribution in [0, 0.1) is 19.3 Å². The van der Waals surface area contributed by atoms with Gasteiger partial charge in [-0.05, 0) is 54.0 Å². The van der Waals surface area contributed by atoms with Gasteiger partial charge in [-0.1, -0.05) is 52.8 Å². The number of aryl methyl sites for hydroxylation is 2. The van der Waals surface area contributed by atoms with Crippen LogP contribution in [0.25, 0.3) is 5.69 Å². The van der Waals surface area contributed by atoms with Crippen LogP contribution in [-0.2, 0) is 5.41 Å². The van der Waals surface area contributed by atoms with Crippen LogP contribution in [0.15, 0.2) is 36.7 Å². The molecule has 0 aliphatic heterocycles. The average molecular weight is 463 g/mol. The molecular weight excluding hydrogens is 428 g/mol. The van der Waals surface area contributed by atoms with E-state index in [2.05, 4.69) is 46.7 Å². The first-order valence-electron chi connectivity index (χ1n) is 11.3.